The number of carbonyl (C=O) groups is 2. The van der Waals surface area contributed by atoms with Gasteiger partial charge in [0.25, 0.3) is 11.7 Å². The normalized spacial score (nSPS) is 17.4. The second-order valence-corrected chi connectivity index (χ2v) is 10.5. The summed E-state index contributed by atoms with van der Waals surface area (Å²) in [6, 6.07) is 16.0. The summed E-state index contributed by atoms with van der Waals surface area (Å²) < 4.78 is 5.84. The molecule has 7 nitrogen and oxygen atoms in total. The number of likely N-dealkylation sites (tertiary alicyclic amines) is 1. The van der Waals surface area contributed by atoms with Gasteiger partial charge >= 0.3 is 0 Å². The van der Waals surface area contributed by atoms with Crippen molar-refractivity contribution in [3.8, 4) is 5.75 Å². The Labute approximate surface area is 221 Å². The fraction of sp³-hybridized carbons (Fsp3) is 0.258. The Hall–Kier alpha value is -4.39. The fourth-order valence-electron chi connectivity index (χ4n) is 5.08. The summed E-state index contributed by atoms with van der Waals surface area (Å²) in [5, 5.41) is 12.5. The maximum atomic E-state index is 13.6. The molecule has 2 aromatic carbocycles. The van der Waals surface area contributed by atoms with Crippen LogP contribution in [0, 0.1) is 0 Å². The number of H-pyrrole nitrogens is 1. The molecule has 0 spiro atoms. The Balaban J connectivity index is 1.71. The maximum Gasteiger partial charge on any atom is 0.295 e. The summed E-state index contributed by atoms with van der Waals surface area (Å²) in [7, 11) is 0. The molecular weight excluding hydrogens is 478 g/mol. The number of hydrogen-bond acceptors (Lipinski definition) is 5. The van der Waals surface area contributed by atoms with E-state index in [0.717, 1.165) is 33.3 Å². The van der Waals surface area contributed by atoms with E-state index in [1.807, 2.05) is 55.6 Å². The Kier molecular flexibility index (Phi) is 6.53. The minimum atomic E-state index is -0.781. The number of ether oxygens (including phenoxy) is 1. The quantitative estimate of drug-likeness (QED) is 0.192. The van der Waals surface area contributed by atoms with Crippen molar-refractivity contribution < 1.29 is 19.4 Å². The number of aliphatic hydroxyl groups is 1. The summed E-state index contributed by atoms with van der Waals surface area (Å²) in [6.07, 6.45) is 5.14. The van der Waals surface area contributed by atoms with Crippen molar-refractivity contribution in [2.75, 3.05) is 6.61 Å². The third-order valence-corrected chi connectivity index (χ3v) is 6.89. The highest BCUT2D eigenvalue weighted by Crippen LogP contribution is 2.43. The van der Waals surface area contributed by atoms with Gasteiger partial charge in [-0.3, -0.25) is 14.6 Å². The molecule has 0 aliphatic carbocycles. The molecule has 3 heterocycles. The van der Waals surface area contributed by atoms with Gasteiger partial charge in [0.15, 0.2) is 0 Å². The van der Waals surface area contributed by atoms with E-state index in [9.17, 15) is 14.7 Å². The van der Waals surface area contributed by atoms with E-state index in [2.05, 4.69) is 30.7 Å². The van der Waals surface area contributed by atoms with Gasteiger partial charge in [0.05, 0.1) is 18.2 Å². The topological polar surface area (TPSA) is 95.5 Å². The Morgan fingerprint density at radius 1 is 1.11 bits per heavy atom. The molecule has 0 bridgehead atoms. The predicted octanol–water partition coefficient (Wildman–Crippen LogP) is 5.88. The lowest BCUT2D eigenvalue weighted by molar-refractivity contribution is -0.140. The molecule has 194 valence electrons. The lowest BCUT2D eigenvalue weighted by atomic mass is 9.84. The summed E-state index contributed by atoms with van der Waals surface area (Å²) in [5.41, 5.74) is 3.56. The summed E-state index contributed by atoms with van der Waals surface area (Å²) >= 11 is 0. The molecular formula is C31H31N3O4. The van der Waals surface area contributed by atoms with Gasteiger partial charge in [0.1, 0.15) is 11.5 Å². The average Bonchev–Trinajstić information content (AvgIpc) is 3.43. The van der Waals surface area contributed by atoms with Crippen molar-refractivity contribution >= 4 is 28.4 Å². The van der Waals surface area contributed by atoms with E-state index >= 15 is 0 Å². The number of aliphatic hydroxyl groups excluding tert-OH is 1. The molecule has 38 heavy (non-hydrogen) atoms. The molecule has 5 rings (SSSR count). The molecule has 1 aliphatic rings. The van der Waals surface area contributed by atoms with Gasteiger partial charge in [0.2, 0.25) is 0 Å². The van der Waals surface area contributed by atoms with Gasteiger partial charge in [-0.05, 0) is 48.2 Å². The number of ketones is 1. The van der Waals surface area contributed by atoms with E-state index in [4.69, 9.17) is 4.74 Å². The van der Waals surface area contributed by atoms with E-state index in [1.54, 1.807) is 24.5 Å². The zero-order valence-corrected chi connectivity index (χ0v) is 22.0. The smallest absolute Gasteiger partial charge is 0.295 e. The van der Waals surface area contributed by atoms with Crippen molar-refractivity contribution in [2.45, 2.75) is 45.7 Å². The van der Waals surface area contributed by atoms with Gasteiger partial charge in [-0.15, -0.1) is 0 Å². The monoisotopic (exact) mass is 509 g/mol. The molecule has 4 aromatic rings. The number of nitrogens with one attached hydrogen (secondary N) is 1. The van der Waals surface area contributed by atoms with Crippen molar-refractivity contribution in [1.29, 1.82) is 0 Å². The van der Waals surface area contributed by atoms with Crippen LogP contribution in [0.2, 0.25) is 0 Å². The first kappa shape index (κ1) is 25.3. The molecule has 7 heteroatoms. The van der Waals surface area contributed by atoms with Crippen LogP contribution in [0.1, 0.15) is 56.0 Å². The molecule has 1 fully saturated rings. The molecule has 1 atom stereocenters. The highest BCUT2D eigenvalue weighted by molar-refractivity contribution is 6.46. The molecule has 1 amide bonds. The fourth-order valence-corrected chi connectivity index (χ4v) is 5.08. The maximum absolute atomic E-state index is 13.6. The number of carbonyl (C=O) groups excluding carboxylic acids is 2. The van der Waals surface area contributed by atoms with Crippen molar-refractivity contribution in [3.05, 3.63) is 101 Å². The largest absolute Gasteiger partial charge is 0.507 e. The van der Waals surface area contributed by atoms with Crippen LogP contribution in [0.3, 0.4) is 0 Å². The second-order valence-electron chi connectivity index (χ2n) is 10.5. The van der Waals surface area contributed by atoms with E-state index < -0.39 is 17.7 Å². The Bertz CT molecular complexity index is 1550. The van der Waals surface area contributed by atoms with Crippen LogP contribution in [-0.2, 0) is 21.5 Å². The standard InChI is InChI=1S/C31H31N3O4/c1-5-38-25-13-12-20(15-23(25)31(2,3)4)28(35)26-27(22-17-33-24-11-7-6-10-21(22)24)34(30(37)29(26)36)18-19-9-8-14-32-16-19/h6-17,27,33,35H,5,18H2,1-4H3/b28-26+. The van der Waals surface area contributed by atoms with Crippen molar-refractivity contribution in [1.82, 2.24) is 14.9 Å². The van der Waals surface area contributed by atoms with E-state index in [-0.39, 0.29) is 23.3 Å². The molecule has 2 N–H and O–H groups in total. The minimum Gasteiger partial charge on any atom is -0.507 e. The number of benzene rings is 2. The van der Waals surface area contributed by atoms with Crippen LogP contribution < -0.4 is 4.74 Å². The van der Waals surface area contributed by atoms with Crippen LogP contribution >= 0.6 is 0 Å². The summed E-state index contributed by atoms with van der Waals surface area (Å²) in [5.74, 6) is -0.858. The third-order valence-electron chi connectivity index (χ3n) is 6.89. The zero-order valence-electron chi connectivity index (χ0n) is 22.0. The van der Waals surface area contributed by atoms with Gasteiger partial charge in [-0.25, -0.2) is 0 Å². The predicted molar refractivity (Wildman–Crippen MR) is 147 cm³/mol. The minimum absolute atomic E-state index is 0.0627. The van der Waals surface area contributed by atoms with Gasteiger partial charge in [-0.1, -0.05) is 45.0 Å². The Morgan fingerprint density at radius 3 is 2.61 bits per heavy atom. The molecule has 0 radical (unpaired) electrons. The molecule has 1 saturated heterocycles. The van der Waals surface area contributed by atoms with Gasteiger partial charge in [0, 0.05) is 52.7 Å². The van der Waals surface area contributed by atoms with Crippen LogP contribution in [-0.4, -0.2) is 38.3 Å². The number of nitrogens with zero attached hydrogens (tertiary/aromatic N) is 2. The molecule has 0 saturated carbocycles. The number of pyridine rings is 1. The highest BCUT2D eigenvalue weighted by Gasteiger charge is 2.47. The zero-order chi connectivity index (χ0) is 27.0. The van der Waals surface area contributed by atoms with Crippen molar-refractivity contribution in [2.24, 2.45) is 0 Å². The molecule has 1 unspecified atom stereocenters. The summed E-state index contributed by atoms with van der Waals surface area (Å²) in [6.45, 7) is 8.80. The average molecular weight is 510 g/mol. The lowest BCUT2D eigenvalue weighted by Gasteiger charge is -2.25. The van der Waals surface area contributed by atoms with Gasteiger partial charge < -0.3 is 19.7 Å². The van der Waals surface area contributed by atoms with Gasteiger partial charge in [-0.2, -0.15) is 0 Å². The van der Waals surface area contributed by atoms with Crippen LogP contribution in [0.25, 0.3) is 16.7 Å². The first-order valence-corrected chi connectivity index (χ1v) is 12.7. The number of amides is 1. The number of aromatic nitrogens is 2. The van der Waals surface area contributed by atoms with Crippen LogP contribution in [0.5, 0.6) is 5.75 Å². The van der Waals surface area contributed by atoms with E-state index in [0.29, 0.717) is 12.2 Å². The van der Waals surface area contributed by atoms with E-state index in [1.165, 1.54) is 4.90 Å². The number of hydrogen-bond donors (Lipinski definition) is 2. The Morgan fingerprint density at radius 2 is 1.89 bits per heavy atom. The first-order chi connectivity index (χ1) is 18.2. The number of aromatic amines is 1. The van der Waals surface area contributed by atoms with Crippen LogP contribution in [0.15, 0.2) is 78.8 Å². The first-order valence-electron chi connectivity index (χ1n) is 12.7. The SMILES string of the molecule is CCOc1ccc(/C(O)=C2\C(=O)C(=O)N(Cc3cccnc3)C2c2c[nH]c3ccccc23)cc1C(C)(C)C. The highest BCUT2D eigenvalue weighted by atomic mass is 16.5. The second kappa shape index (κ2) is 9.82. The molecule has 2 aromatic heterocycles. The lowest BCUT2D eigenvalue weighted by Crippen LogP contribution is -2.29. The van der Waals surface area contributed by atoms with Crippen molar-refractivity contribution in [3.63, 3.8) is 0 Å². The molecule has 1 aliphatic heterocycles. The summed E-state index contributed by atoms with van der Waals surface area (Å²) in [4.78, 5) is 35.9. The number of fused-ring (bicyclic) bond motifs is 1. The number of para-hydroxylation sites is 1. The number of Topliss-reactive ketones (excluding diaryl/α,β-unsaturated/α-hetero) is 1. The third kappa shape index (κ3) is 4.45. The number of rotatable bonds is 6. The van der Waals surface area contributed by atoms with Crippen LogP contribution in [0.4, 0.5) is 0 Å².